The summed E-state index contributed by atoms with van der Waals surface area (Å²) in [6.07, 6.45) is 0.291. The standard InChI is InChI=1S/C4H8N2O2/c5-2-3-1-4(7)6-8-3/h3H,1-2,5H2,(H,6,7)/t3-/m1/s1. The second-order valence-corrected chi connectivity index (χ2v) is 1.70. The summed E-state index contributed by atoms with van der Waals surface area (Å²) >= 11 is 0. The highest BCUT2D eigenvalue weighted by molar-refractivity contribution is 5.76. The first-order chi connectivity index (χ1) is 3.83. The number of amides is 1. The van der Waals surface area contributed by atoms with Crippen LogP contribution in [0, 0.1) is 0 Å². The third-order valence-electron chi connectivity index (χ3n) is 1.02. The zero-order valence-corrected chi connectivity index (χ0v) is 4.39. The summed E-state index contributed by atoms with van der Waals surface area (Å²) in [6, 6.07) is 0. The topological polar surface area (TPSA) is 64.4 Å². The van der Waals surface area contributed by atoms with E-state index in [0.717, 1.165) is 0 Å². The van der Waals surface area contributed by atoms with Crippen molar-refractivity contribution in [1.82, 2.24) is 5.48 Å². The highest BCUT2D eigenvalue weighted by Gasteiger charge is 2.20. The predicted molar refractivity (Wildman–Crippen MR) is 26.7 cm³/mol. The zero-order chi connectivity index (χ0) is 5.98. The van der Waals surface area contributed by atoms with E-state index in [1.165, 1.54) is 0 Å². The molecule has 4 heteroatoms. The quantitative estimate of drug-likeness (QED) is 0.450. The van der Waals surface area contributed by atoms with Crippen LogP contribution in [0.15, 0.2) is 0 Å². The molecular weight excluding hydrogens is 108 g/mol. The SMILES string of the molecule is NC[C@H]1CC(=O)NO1. The molecule has 0 bridgehead atoms. The van der Waals surface area contributed by atoms with E-state index in [9.17, 15) is 4.79 Å². The van der Waals surface area contributed by atoms with Crippen LogP contribution in [-0.4, -0.2) is 18.6 Å². The lowest BCUT2D eigenvalue weighted by atomic mass is 10.3. The second kappa shape index (κ2) is 2.11. The van der Waals surface area contributed by atoms with Crippen molar-refractivity contribution in [3.63, 3.8) is 0 Å². The van der Waals surface area contributed by atoms with Gasteiger partial charge in [-0.2, -0.15) is 0 Å². The van der Waals surface area contributed by atoms with Gasteiger partial charge in [-0.3, -0.25) is 9.63 Å². The molecule has 1 saturated heterocycles. The Morgan fingerprint density at radius 2 is 2.75 bits per heavy atom. The summed E-state index contributed by atoms with van der Waals surface area (Å²) in [5, 5.41) is 0. The first-order valence-corrected chi connectivity index (χ1v) is 2.47. The van der Waals surface area contributed by atoms with E-state index in [0.29, 0.717) is 13.0 Å². The van der Waals surface area contributed by atoms with Gasteiger partial charge in [0.15, 0.2) is 0 Å². The lowest BCUT2D eigenvalue weighted by molar-refractivity contribution is -0.124. The van der Waals surface area contributed by atoms with E-state index in [4.69, 9.17) is 5.73 Å². The Hall–Kier alpha value is -0.610. The summed E-state index contributed by atoms with van der Waals surface area (Å²) in [5.74, 6) is -0.0829. The van der Waals surface area contributed by atoms with E-state index in [-0.39, 0.29) is 12.0 Å². The smallest absolute Gasteiger partial charge is 0.246 e. The molecule has 0 radical (unpaired) electrons. The molecule has 0 spiro atoms. The maximum absolute atomic E-state index is 10.3. The van der Waals surface area contributed by atoms with Gasteiger partial charge in [0, 0.05) is 6.54 Å². The largest absolute Gasteiger partial charge is 0.328 e. The van der Waals surface area contributed by atoms with Crippen LogP contribution in [0.25, 0.3) is 0 Å². The third-order valence-corrected chi connectivity index (χ3v) is 1.02. The summed E-state index contributed by atoms with van der Waals surface area (Å²) in [4.78, 5) is 15.0. The summed E-state index contributed by atoms with van der Waals surface area (Å²) in [5.41, 5.74) is 7.38. The number of rotatable bonds is 1. The molecule has 1 rings (SSSR count). The van der Waals surface area contributed by atoms with E-state index < -0.39 is 0 Å². The van der Waals surface area contributed by atoms with Crippen LogP contribution in [0.1, 0.15) is 6.42 Å². The fourth-order valence-corrected chi connectivity index (χ4v) is 0.571. The Balaban J connectivity index is 2.32. The number of nitrogens with two attached hydrogens (primary N) is 1. The van der Waals surface area contributed by atoms with Gasteiger partial charge in [0.1, 0.15) is 6.10 Å². The van der Waals surface area contributed by atoms with E-state index in [1.54, 1.807) is 0 Å². The maximum atomic E-state index is 10.3. The summed E-state index contributed by atoms with van der Waals surface area (Å²) < 4.78 is 0. The van der Waals surface area contributed by atoms with Crippen molar-refractivity contribution < 1.29 is 9.63 Å². The minimum Gasteiger partial charge on any atom is -0.328 e. The molecule has 8 heavy (non-hydrogen) atoms. The van der Waals surface area contributed by atoms with Gasteiger partial charge in [0.2, 0.25) is 5.91 Å². The molecule has 1 amide bonds. The van der Waals surface area contributed by atoms with Gasteiger partial charge >= 0.3 is 0 Å². The van der Waals surface area contributed by atoms with Crippen molar-refractivity contribution >= 4 is 5.91 Å². The molecule has 0 saturated carbocycles. The molecule has 4 nitrogen and oxygen atoms in total. The Labute approximate surface area is 46.9 Å². The molecule has 3 N–H and O–H groups in total. The highest BCUT2D eigenvalue weighted by Crippen LogP contribution is 2.00. The van der Waals surface area contributed by atoms with Crippen molar-refractivity contribution in [3.8, 4) is 0 Å². The first-order valence-electron chi connectivity index (χ1n) is 2.47. The van der Waals surface area contributed by atoms with Gasteiger partial charge in [-0.25, -0.2) is 5.48 Å². The fourth-order valence-electron chi connectivity index (χ4n) is 0.571. The zero-order valence-electron chi connectivity index (χ0n) is 4.39. The minimum atomic E-state index is -0.109. The van der Waals surface area contributed by atoms with Crippen LogP contribution in [0.3, 0.4) is 0 Å². The van der Waals surface area contributed by atoms with Gasteiger partial charge in [-0.15, -0.1) is 0 Å². The average Bonchev–Trinajstić information content (AvgIpc) is 2.14. The molecule has 0 aromatic heterocycles. The van der Waals surface area contributed by atoms with Gasteiger partial charge < -0.3 is 5.73 Å². The number of carbonyl (C=O) groups is 1. The Kier molecular flexibility index (Phi) is 1.45. The monoisotopic (exact) mass is 116 g/mol. The second-order valence-electron chi connectivity index (χ2n) is 1.70. The average molecular weight is 116 g/mol. The van der Waals surface area contributed by atoms with Gasteiger partial charge in [0.25, 0.3) is 0 Å². The maximum Gasteiger partial charge on any atom is 0.246 e. The Morgan fingerprint density at radius 1 is 2.00 bits per heavy atom. The molecule has 1 fully saturated rings. The molecule has 1 atom stereocenters. The fraction of sp³-hybridized carbons (Fsp3) is 0.750. The van der Waals surface area contributed by atoms with Gasteiger partial charge in [-0.05, 0) is 0 Å². The summed E-state index contributed by atoms with van der Waals surface area (Å²) in [7, 11) is 0. The molecule has 0 aromatic carbocycles. The lowest BCUT2D eigenvalue weighted by Crippen LogP contribution is -2.20. The molecule has 0 aromatic rings. The molecule has 0 aliphatic carbocycles. The molecule has 46 valence electrons. The van der Waals surface area contributed by atoms with Crippen molar-refractivity contribution in [2.45, 2.75) is 12.5 Å². The number of hydrogen-bond acceptors (Lipinski definition) is 3. The van der Waals surface area contributed by atoms with Crippen LogP contribution >= 0.6 is 0 Å². The van der Waals surface area contributed by atoms with Crippen molar-refractivity contribution in [1.29, 1.82) is 0 Å². The summed E-state index contributed by atoms with van der Waals surface area (Å²) in [6.45, 7) is 0.402. The molecule has 1 aliphatic heterocycles. The Morgan fingerprint density at radius 3 is 3.00 bits per heavy atom. The minimum absolute atomic E-state index is 0.0829. The van der Waals surface area contributed by atoms with Crippen molar-refractivity contribution in [3.05, 3.63) is 0 Å². The molecule has 0 unspecified atom stereocenters. The normalized spacial score (nSPS) is 28.1. The third kappa shape index (κ3) is 0.962. The first kappa shape index (κ1) is 5.53. The van der Waals surface area contributed by atoms with Crippen LogP contribution in [0.4, 0.5) is 0 Å². The van der Waals surface area contributed by atoms with Crippen LogP contribution in [0.5, 0.6) is 0 Å². The van der Waals surface area contributed by atoms with Gasteiger partial charge in [-0.1, -0.05) is 0 Å². The molecule has 1 heterocycles. The number of carbonyl (C=O) groups excluding carboxylic acids is 1. The number of hydrogen-bond donors (Lipinski definition) is 2. The number of hydroxylamine groups is 1. The number of nitrogens with one attached hydrogen (secondary N) is 1. The van der Waals surface area contributed by atoms with Crippen LogP contribution in [0.2, 0.25) is 0 Å². The van der Waals surface area contributed by atoms with Gasteiger partial charge in [0.05, 0.1) is 6.42 Å². The van der Waals surface area contributed by atoms with Crippen molar-refractivity contribution in [2.24, 2.45) is 5.73 Å². The molecular formula is C4H8N2O2. The highest BCUT2D eigenvalue weighted by atomic mass is 16.7. The van der Waals surface area contributed by atoms with E-state index in [2.05, 4.69) is 10.3 Å². The predicted octanol–water partition coefficient (Wildman–Crippen LogP) is -1.23. The van der Waals surface area contributed by atoms with Crippen LogP contribution < -0.4 is 11.2 Å². The Bertz CT molecular complexity index is 104. The van der Waals surface area contributed by atoms with E-state index >= 15 is 0 Å². The van der Waals surface area contributed by atoms with Crippen molar-refractivity contribution in [2.75, 3.05) is 6.54 Å². The lowest BCUT2D eigenvalue weighted by Gasteiger charge is -1.98. The molecule has 1 aliphatic rings. The van der Waals surface area contributed by atoms with E-state index in [1.807, 2.05) is 0 Å². The van der Waals surface area contributed by atoms with Crippen LogP contribution in [-0.2, 0) is 9.63 Å².